The first-order valence-electron chi connectivity index (χ1n) is 10.5. The lowest BCUT2D eigenvalue weighted by atomic mass is 9.70. The lowest BCUT2D eigenvalue weighted by Gasteiger charge is -2.36. The third-order valence-electron chi connectivity index (χ3n) is 7.06. The molecule has 2 aliphatic rings. The monoisotopic (exact) mass is 410 g/mol. The molecule has 2 aliphatic carbocycles. The summed E-state index contributed by atoms with van der Waals surface area (Å²) in [5.74, 6) is -0.813. The van der Waals surface area contributed by atoms with E-state index in [2.05, 4.69) is 33.4 Å². The van der Waals surface area contributed by atoms with Crippen molar-refractivity contribution in [3.05, 3.63) is 24.3 Å². The van der Waals surface area contributed by atoms with Crippen LogP contribution in [0.5, 0.6) is 0 Å². The number of hydrogen-bond donors (Lipinski definition) is 3. The van der Waals surface area contributed by atoms with E-state index in [4.69, 9.17) is 15.0 Å². The Hall–Kier alpha value is -1.62. The summed E-state index contributed by atoms with van der Waals surface area (Å²) in [6, 6.07) is 0. The fraction of sp³-hybridized carbons (Fsp3) is 0.750. The van der Waals surface area contributed by atoms with E-state index in [9.17, 15) is 9.90 Å². The van der Waals surface area contributed by atoms with Crippen LogP contribution < -0.4 is 0 Å². The predicted molar refractivity (Wildman–Crippen MR) is 118 cm³/mol. The minimum Gasteiger partial charge on any atom is -0.481 e. The van der Waals surface area contributed by atoms with Gasteiger partial charge in [-0.25, -0.2) is 0 Å². The minimum atomic E-state index is -0.833. The van der Waals surface area contributed by atoms with Crippen molar-refractivity contribution in [3.8, 4) is 0 Å². The summed E-state index contributed by atoms with van der Waals surface area (Å²) in [5.41, 5.74) is 1.59. The number of carboxylic acids is 2. The van der Waals surface area contributed by atoms with Crippen LogP contribution in [0.3, 0.4) is 0 Å². The van der Waals surface area contributed by atoms with E-state index in [1.165, 1.54) is 18.4 Å². The maximum absolute atomic E-state index is 10.6. The number of hydrogen-bond acceptors (Lipinski definition) is 3. The Morgan fingerprint density at radius 3 is 1.93 bits per heavy atom. The molecule has 4 unspecified atom stereocenters. The molecule has 5 nitrogen and oxygen atoms in total. The van der Waals surface area contributed by atoms with Crippen LogP contribution in [0, 0.1) is 22.2 Å². The Morgan fingerprint density at radius 2 is 1.69 bits per heavy atom. The van der Waals surface area contributed by atoms with Crippen LogP contribution in [0.1, 0.15) is 87.0 Å². The Bertz CT molecular complexity index is 598. The second-order valence-corrected chi connectivity index (χ2v) is 9.89. The van der Waals surface area contributed by atoms with Crippen molar-refractivity contribution in [1.29, 1.82) is 0 Å². The summed E-state index contributed by atoms with van der Waals surface area (Å²) < 4.78 is 0. The molecule has 0 aliphatic heterocycles. The number of aliphatic hydroxyl groups excluding tert-OH is 1. The molecule has 2 rings (SSSR count). The lowest BCUT2D eigenvalue weighted by Crippen LogP contribution is -2.35. The van der Waals surface area contributed by atoms with Gasteiger partial charge in [-0.3, -0.25) is 9.59 Å². The Labute approximate surface area is 176 Å². The van der Waals surface area contributed by atoms with Gasteiger partial charge in [0, 0.05) is 6.92 Å². The largest absolute Gasteiger partial charge is 0.481 e. The number of aliphatic carboxylic acids is 2. The second kappa shape index (κ2) is 11.0. The molecule has 0 heterocycles. The van der Waals surface area contributed by atoms with Crippen LogP contribution in [-0.4, -0.2) is 33.4 Å². The summed E-state index contributed by atoms with van der Waals surface area (Å²) in [6.45, 7) is 17.7. The van der Waals surface area contributed by atoms with Crippen LogP contribution in [-0.2, 0) is 9.59 Å². The van der Waals surface area contributed by atoms with Gasteiger partial charge in [-0.05, 0) is 68.1 Å². The summed E-state index contributed by atoms with van der Waals surface area (Å²) in [5, 5.41) is 26.0. The van der Waals surface area contributed by atoms with E-state index in [0.29, 0.717) is 5.41 Å². The second-order valence-electron chi connectivity index (χ2n) is 9.89. The van der Waals surface area contributed by atoms with Gasteiger partial charge in [0.25, 0.3) is 5.97 Å². The minimum absolute atomic E-state index is 0.0313. The summed E-state index contributed by atoms with van der Waals surface area (Å²) in [4.78, 5) is 19.6. The molecule has 2 fully saturated rings. The van der Waals surface area contributed by atoms with Gasteiger partial charge < -0.3 is 15.3 Å². The fourth-order valence-corrected chi connectivity index (χ4v) is 4.46. The molecule has 0 aromatic heterocycles. The molecule has 4 atom stereocenters. The average Bonchev–Trinajstić information content (AvgIpc) is 2.87. The van der Waals surface area contributed by atoms with Crippen molar-refractivity contribution < 1.29 is 24.9 Å². The van der Waals surface area contributed by atoms with E-state index in [1.54, 1.807) is 6.08 Å². The van der Waals surface area contributed by atoms with Gasteiger partial charge in [-0.2, -0.15) is 0 Å². The lowest BCUT2D eigenvalue weighted by molar-refractivity contribution is -0.139. The maximum atomic E-state index is 10.6. The van der Waals surface area contributed by atoms with Gasteiger partial charge in [0.15, 0.2) is 0 Å². The smallest absolute Gasteiger partial charge is 0.304 e. The van der Waals surface area contributed by atoms with Gasteiger partial charge in [-0.15, -0.1) is 6.58 Å². The number of aliphatic hydroxyl groups is 1. The van der Waals surface area contributed by atoms with Crippen molar-refractivity contribution in [2.75, 3.05) is 0 Å². The third-order valence-corrected chi connectivity index (χ3v) is 7.06. The van der Waals surface area contributed by atoms with Crippen LogP contribution in [0.2, 0.25) is 0 Å². The number of carbonyl (C=O) groups is 2. The van der Waals surface area contributed by atoms with Crippen LogP contribution in [0.4, 0.5) is 0 Å². The zero-order valence-corrected chi connectivity index (χ0v) is 19.4. The maximum Gasteiger partial charge on any atom is 0.304 e. The van der Waals surface area contributed by atoms with Crippen molar-refractivity contribution >= 4 is 11.9 Å². The quantitative estimate of drug-likeness (QED) is 0.489. The molecule has 2 saturated carbocycles. The highest BCUT2D eigenvalue weighted by Gasteiger charge is 2.60. The Morgan fingerprint density at radius 1 is 1.17 bits per heavy atom. The molecular formula is C24H42O5. The molecule has 3 N–H and O–H groups in total. The molecule has 0 aromatic carbocycles. The highest BCUT2D eigenvalue weighted by Crippen LogP contribution is 2.65. The average molecular weight is 411 g/mol. The summed E-state index contributed by atoms with van der Waals surface area (Å²) >= 11 is 0. The van der Waals surface area contributed by atoms with Gasteiger partial charge in [0.2, 0.25) is 0 Å². The van der Waals surface area contributed by atoms with Gasteiger partial charge in [-0.1, -0.05) is 45.4 Å². The van der Waals surface area contributed by atoms with E-state index in [1.807, 2.05) is 20.8 Å². The molecule has 29 heavy (non-hydrogen) atoms. The summed E-state index contributed by atoms with van der Waals surface area (Å²) in [6.07, 6.45) is 9.37. The summed E-state index contributed by atoms with van der Waals surface area (Å²) in [7, 11) is 0. The number of carboxylic acid groups (broad SMARTS) is 2. The van der Waals surface area contributed by atoms with E-state index < -0.39 is 11.9 Å². The van der Waals surface area contributed by atoms with Crippen molar-refractivity contribution in [3.63, 3.8) is 0 Å². The van der Waals surface area contributed by atoms with Crippen LogP contribution in [0.15, 0.2) is 24.3 Å². The molecule has 168 valence electrons. The molecule has 0 saturated heterocycles. The third kappa shape index (κ3) is 7.96. The van der Waals surface area contributed by atoms with Crippen molar-refractivity contribution in [2.24, 2.45) is 22.2 Å². The van der Waals surface area contributed by atoms with Crippen molar-refractivity contribution in [2.45, 2.75) is 93.1 Å². The predicted octanol–water partition coefficient (Wildman–Crippen LogP) is 5.68. The normalized spacial score (nSPS) is 28.0. The zero-order valence-electron chi connectivity index (χ0n) is 19.4. The Kier molecular flexibility index (Phi) is 10.3. The number of rotatable bonds is 6. The first-order valence-corrected chi connectivity index (χ1v) is 10.5. The van der Waals surface area contributed by atoms with E-state index in [-0.39, 0.29) is 23.4 Å². The number of allylic oxidation sites excluding steroid dienone is 3. The van der Waals surface area contributed by atoms with Crippen LogP contribution >= 0.6 is 0 Å². The first kappa shape index (κ1) is 27.4. The molecular weight excluding hydrogens is 368 g/mol. The van der Waals surface area contributed by atoms with Gasteiger partial charge in [0.05, 0.1) is 12.5 Å². The first-order chi connectivity index (χ1) is 13.1. The zero-order chi connectivity index (χ0) is 23.0. The molecule has 2 bridgehead atoms. The van der Waals surface area contributed by atoms with E-state index in [0.717, 1.165) is 32.1 Å². The molecule has 0 radical (unpaired) electrons. The molecule has 0 spiro atoms. The highest BCUT2D eigenvalue weighted by atomic mass is 16.4. The molecule has 5 heteroatoms. The van der Waals surface area contributed by atoms with Gasteiger partial charge in [0.1, 0.15) is 0 Å². The highest BCUT2D eigenvalue weighted by molar-refractivity contribution is 5.68. The molecule has 0 amide bonds. The standard InChI is InChI=1S/C12H20O2.C10H18O.C2H4O2/c1-5-12(4,9-11(13)14)8-6-7-10(2)3;1-9(2)7-4-5-10(9,3)8(11)6-7;1-2(3)4/h5,7H,1,6,8-9H2,2-4H3,(H,13,14);7-8,11H,4-6H2,1-3H3;1H3,(H,3,4). The van der Waals surface area contributed by atoms with Crippen LogP contribution in [0.25, 0.3) is 0 Å². The van der Waals surface area contributed by atoms with E-state index >= 15 is 0 Å². The van der Waals surface area contributed by atoms with Crippen molar-refractivity contribution in [1.82, 2.24) is 0 Å². The number of fused-ring (bicyclic) bond motifs is 2. The SMILES string of the molecule is C=CC(C)(CCC=C(C)C)CC(=O)O.CC(=O)O.CC1(C)C2CCC1(C)C(O)C2. The topological polar surface area (TPSA) is 94.8 Å². The fourth-order valence-electron chi connectivity index (χ4n) is 4.46. The molecule has 0 aromatic rings. The van der Waals surface area contributed by atoms with Gasteiger partial charge >= 0.3 is 5.97 Å². The Balaban J connectivity index is 0.000000463.